The molecule has 180 valence electrons. The Morgan fingerprint density at radius 1 is 0.971 bits per heavy atom. The number of Topliss-reactive ketones (excluding diaryl/α,β-unsaturated/α-hetero) is 1. The Hall–Kier alpha value is -4.06. The third-order valence-corrected chi connectivity index (χ3v) is 5.99. The summed E-state index contributed by atoms with van der Waals surface area (Å²) < 4.78 is 5.83. The van der Waals surface area contributed by atoms with Crippen LogP contribution < -0.4 is 9.64 Å². The standard InChI is InChI=1S/C29H29NO5/c1-17(2)16-35-24-14-9-21(15-19(24)4)27(32)25-26(20-7-12-23(31)13-8-20)30(29(34)28(25)33)22-10-5-18(3)6-11-22/h5-15,17,26,31-32H,16H2,1-4H3/b27-25-. The highest BCUT2D eigenvalue weighted by molar-refractivity contribution is 6.51. The second kappa shape index (κ2) is 9.66. The lowest BCUT2D eigenvalue weighted by Gasteiger charge is -2.25. The number of anilines is 1. The van der Waals surface area contributed by atoms with E-state index in [2.05, 4.69) is 13.8 Å². The second-order valence-electron chi connectivity index (χ2n) is 9.28. The maximum Gasteiger partial charge on any atom is 0.300 e. The largest absolute Gasteiger partial charge is 0.508 e. The summed E-state index contributed by atoms with van der Waals surface area (Å²) in [6.45, 7) is 8.49. The Morgan fingerprint density at radius 2 is 1.63 bits per heavy atom. The molecule has 0 bridgehead atoms. The fourth-order valence-corrected chi connectivity index (χ4v) is 4.15. The number of ether oxygens (including phenoxy) is 1. The first kappa shape index (κ1) is 24.1. The summed E-state index contributed by atoms with van der Waals surface area (Å²) in [5.41, 5.74) is 3.38. The van der Waals surface area contributed by atoms with Gasteiger partial charge in [0.25, 0.3) is 11.7 Å². The van der Waals surface area contributed by atoms with Crippen molar-refractivity contribution in [2.45, 2.75) is 33.7 Å². The van der Waals surface area contributed by atoms with Crippen LogP contribution in [0, 0.1) is 19.8 Å². The average Bonchev–Trinajstić information content (AvgIpc) is 3.09. The molecule has 1 aliphatic heterocycles. The van der Waals surface area contributed by atoms with E-state index in [4.69, 9.17) is 4.74 Å². The Kier molecular flexibility index (Phi) is 6.65. The molecule has 1 fully saturated rings. The normalized spacial score (nSPS) is 17.3. The zero-order valence-electron chi connectivity index (χ0n) is 20.3. The van der Waals surface area contributed by atoms with Gasteiger partial charge in [0.2, 0.25) is 0 Å². The number of ketones is 1. The lowest BCUT2D eigenvalue weighted by Crippen LogP contribution is -2.29. The molecule has 3 aromatic rings. The Balaban J connectivity index is 1.84. The molecule has 35 heavy (non-hydrogen) atoms. The zero-order chi connectivity index (χ0) is 25.3. The molecule has 1 heterocycles. The zero-order valence-corrected chi connectivity index (χ0v) is 20.3. The van der Waals surface area contributed by atoms with Crippen LogP contribution in [0.2, 0.25) is 0 Å². The molecule has 1 saturated heterocycles. The van der Waals surface area contributed by atoms with Crippen LogP contribution >= 0.6 is 0 Å². The summed E-state index contributed by atoms with van der Waals surface area (Å²) in [5.74, 6) is -0.611. The number of rotatable bonds is 6. The van der Waals surface area contributed by atoms with E-state index >= 15 is 0 Å². The van der Waals surface area contributed by atoms with Crippen molar-refractivity contribution in [3.8, 4) is 11.5 Å². The topological polar surface area (TPSA) is 87.1 Å². The molecule has 1 atom stereocenters. The summed E-state index contributed by atoms with van der Waals surface area (Å²) in [4.78, 5) is 27.9. The highest BCUT2D eigenvalue weighted by Gasteiger charge is 2.47. The van der Waals surface area contributed by atoms with Gasteiger partial charge in [0.1, 0.15) is 17.3 Å². The number of aromatic hydroxyl groups is 1. The summed E-state index contributed by atoms with van der Waals surface area (Å²) in [6, 6.07) is 17.9. The van der Waals surface area contributed by atoms with E-state index in [0.717, 1.165) is 11.1 Å². The third-order valence-electron chi connectivity index (χ3n) is 5.99. The number of carbonyl (C=O) groups excluding carboxylic acids is 2. The average molecular weight is 472 g/mol. The van der Waals surface area contributed by atoms with Crippen molar-refractivity contribution in [1.82, 2.24) is 0 Å². The van der Waals surface area contributed by atoms with Crippen molar-refractivity contribution >= 4 is 23.1 Å². The predicted octanol–water partition coefficient (Wildman–Crippen LogP) is 5.67. The molecule has 2 N–H and O–H groups in total. The third kappa shape index (κ3) is 4.78. The Labute approximate surface area is 205 Å². The van der Waals surface area contributed by atoms with Crippen LogP contribution in [0.5, 0.6) is 11.5 Å². The van der Waals surface area contributed by atoms with E-state index in [-0.39, 0.29) is 17.1 Å². The fourth-order valence-electron chi connectivity index (χ4n) is 4.15. The highest BCUT2D eigenvalue weighted by Crippen LogP contribution is 2.42. The number of nitrogens with zero attached hydrogens (tertiary/aromatic N) is 1. The van der Waals surface area contributed by atoms with E-state index < -0.39 is 17.7 Å². The van der Waals surface area contributed by atoms with Gasteiger partial charge in [-0.1, -0.05) is 43.7 Å². The summed E-state index contributed by atoms with van der Waals surface area (Å²) in [5, 5.41) is 21.1. The quantitative estimate of drug-likeness (QED) is 0.275. The van der Waals surface area contributed by atoms with E-state index in [1.54, 1.807) is 42.5 Å². The van der Waals surface area contributed by atoms with Gasteiger partial charge in [0, 0.05) is 11.3 Å². The van der Waals surface area contributed by atoms with Crippen LogP contribution in [0.1, 0.15) is 42.1 Å². The summed E-state index contributed by atoms with van der Waals surface area (Å²) >= 11 is 0. The van der Waals surface area contributed by atoms with Crippen LogP contribution in [-0.2, 0) is 9.59 Å². The van der Waals surface area contributed by atoms with Gasteiger partial charge in [-0.25, -0.2) is 0 Å². The SMILES string of the molecule is Cc1ccc(N2C(=O)C(=O)/C(=C(\O)c3ccc(OCC(C)C)c(C)c3)C2c2ccc(O)cc2)cc1. The second-order valence-corrected chi connectivity index (χ2v) is 9.28. The number of hydrogen-bond donors (Lipinski definition) is 2. The molecular formula is C29H29NO5. The first-order chi connectivity index (χ1) is 16.7. The fraction of sp³-hybridized carbons (Fsp3) is 0.241. The predicted molar refractivity (Wildman–Crippen MR) is 136 cm³/mol. The smallest absolute Gasteiger partial charge is 0.300 e. The lowest BCUT2D eigenvalue weighted by atomic mass is 9.94. The number of phenolic OH excluding ortho intramolecular Hbond substituents is 1. The molecule has 1 unspecified atom stereocenters. The van der Waals surface area contributed by atoms with Crippen molar-refractivity contribution in [2.24, 2.45) is 5.92 Å². The van der Waals surface area contributed by atoms with Crippen molar-refractivity contribution in [3.63, 3.8) is 0 Å². The summed E-state index contributed by atoms with van der Waals surface area (Å²) in [6.07, 6.45) is 0. The molecule has 6 nitrogen and oxygen atoms in total. The van der Waals surface area contributed by atoms with Gasteiger partial charge in [-0.2, -0.15) is 0 Å². The minimum atomic E-state index is -0.851. The maximum atomic E-state index is 13.3. The van der Waals surface area contributed by atoms with Crippen molar-refractivity contribution in [2.75, 3.05) is 11.5 Å². The number of carbonyl (C=O) groups is 2. The van der Waals surface area contributed by atoms with Gasteiger partial charge in [-0.3, -0.25) is 14.5 Å². The van der Waals surface area contributed by atoms with Gasteiger partial charge >= 0.3 is 0 Å². The van der Waals surface area contributed by atoms with Gasteiger partial charge in [0.15, 0.2) is 0 Å². The Morgan fingerprint density at radius 3 is 2.23 bits per heavy atom. The van der Waals surface area contributed by atoms with Gasteiger partial charge in [-0.15, -0.1) is 0 Å². The molecule has 1 amide bonds. The van der Waals surface area contributed by atoms with Crippen molar-refractivity contribution in [1.29, 1.82) is 0 Å². The number of hydrogen-bond acceptors (Lipinski definition) is 5. The van der Waals surface area contributed by atoms with Crippen molar-refractivity contribution in [3.05, 3.63) is 94.6 Å². The molecule has 3 aromatic carbocycles. The molecular weight excluding hydrogens is 442 g/mol. The molecule has 4 rings (SSSR count). The monoisotopic (exact) mass is 471 g/mol. The maximum absolute atomic E-state index is 13.3. The highest BCUT2D eigenvalue weighted by atomic mass is 16.5. The van der Waals surface area contributed by atoms with E-state index in [1.807, 2.05) is 26.0 Å². The van der Waals surface area contributed by atoms with Crippen LogP contribution in [-0.4, -0.2) is 28.5 Å². The molecule has 0 saturated carbocycles. The molecule has 1 aliphatic rings. The minimum Gasteiger partial charge on any atom is -0.508 e. The number of aliphatic hydroxyl groups is 1. The molecule has 0 spiro atoms. The molecule has 0 aliphatic carbocycles. The lowest BCUT2D eigenvalue weighted by molar-refractivity contribution is -0.132. The number of benzene rings is 3. The van der Waals surface area contributed by atoms with Crippen LogP contribution in [0.25, 0.3) is 5.76 Å². The molecule has 0 radical (unpaired) electrons. The first-order valence-corrected chi connectivity index (χ1v) is 11.6. The molecule has 0 aromatic heterocycles. The Bertz CT molecular complexity index is 1290. The van der Waals surface area contributed by atoms with E-state index in [1.165, 1.54) is 17.0 Å². The minimum absolute atomic E-state index is 0.00323. The number of phenols is 1. The van der Waals surface area contributed by atoms with Gasteiger partial charge < -0.3 is 14.9 Å². The summed E-state index contributed by atoms with van der Waals surface area (Å²) in [7, 11) is 0. The van der Waals surface area contributed by atoms with Crippen LogP contribution in [0.4, 0.5) is 5.69 Å². The van der Waals surface area contributed by atoms with Crippen LogP contribution in [0.3, 0.4) is 0 Å². The molecule has 6 heteroatoms. The first-order valence-electron chi connectivity index (χ1n) is 11.6. The van der Waals surface area contributed by atoms with E-state index in [9.17, 15) is 19.8 Å². The number of amides is 1. The van der Waals surface area contributed by atoms with Gasteiger partial charge in [-0.05, 0) is 73.4 Å². The number of aliphatic hydroxyl groups excluding tert-OH is 1. The van der Waals surface area contributed by atoms with Crippen molar-refractivity contribution < 1.29 is 24.5 Å². The number of aryl methyl sites for hydroxylation is 2. The van der Waals surface area contributed by atoms with E-state index in [0.29, 0.717) is 35.1 Å². The van der Waals surface area contributed by atoms with Gasteiger partial charge in [0.05, 0.1) is 18.2 Å². The van der Waals surface area contributed by atoms with Crippen LogP contribution in [0.15, 0.2) is 72.3 Å².